The van der Waals surface area contributed by atoms with E-state index >= 15 is 0 Å². The number of hydrogen-bond donors (Lipinski definition) is 1. The molecule has 1 amide bonds. The van der Waals surface area contributed by atoms with Gasteiger partial charge < -0.3 is 19.5 Å². The molecule has 0 saturated heterocycles. The van der Waals surface area contributed by atoms with Crippen molar-refractivity contribution in [1.29, 1.82) is 0 Å². The molecule has 0 radical (unpaired) electrons. The maximum atomic E-state index is 12.6. The second-order valence-electron chi connectivity index (χ2n) is 5.80. The average Bonchev–Trinajstić information content (AvgIpc) is 2.67. The highest BCUT2D eigenvalue weighted by atomic mass is 35.5. The summed E-state index contributed by atoms with van der Waals surface area (Å²) in [7, 11) is 4.66. The number of aromatic nitrogens is 1. The van der Waals surface area contributed by atoms with Gasteiger partial charge in [-0.2, -0.15) is 0 Å². The van der Waals surface area contributed by atoms with E-state index in [0.717, 1.165) is 5.56 Å². The summed E-state index contributed by atoms with van der Waals surface area (Å²) >= 11 is 6.10. The molecule has 0 aliphatic carbocycles. The van der Waals surface area contributed by atoms with Crippen LogP contribution in [0.1, 0.15) is 5.56 Å². The molecule has 7 nitrogen and oxygen atoms in total. The Bertz CT molecular complexity index is 743. The van der Waals surface area contributed by atoms with Crippen molar-refractivity contribution in [2.75, 3.05) is 46.3 Å². The zero-order valence-corrected chi connectivity index (χ0v) is 16.5. The fraction of sp³-hybridized carbons (Fsp3) is 0.368. The lowest BCUT2D eigenvalue weighted by Crippen LogP contribution is -2.35. The van der Waals surface area contributed by atoms with Crippen molar-refractivity contribution < 1.29 is 19.0 Å². The minimum Gasteiger partial charge on any atom is -0.495 e. The van der Waals surface area contributed by atoms with Gasteiger partial charge in [-0.25, -0.2) is 0 Å². The number of anilines is 1. The molecule has 146 valence electrons. The molecule has 1 heterocycles. The normalized spacial score (nSPS) is 10.7. The first-order valence-electron chi connectivity index (χ1n) is 8.39. The summed E-state index contributed by atoms with van der Waals surface area (Å²) in [5.74, 6) is 0.738. The molecule has 0 bridgehead atoms. The Morgan fingerprint density at radius 2 is 2.00 bits per heavy atom. The quantitative estimate of drug-likeness (QED) is 0.669. The van der Waals surface area contributed by atoms with E-state index in [1.807, 2.05) is 17.0 Å². The van der Waals surface area contributed by atoms with Crippen molar-refractivity contribution in [2.45, 2.75) is 6.54 Å². The highest BCUT2D eigenvalue weighted by Gasteiger charge is 2.15. The van der Waals surface area contributed by atoms with Crippen molar-refractivity contribution in [3.05, 3.63) is 47.2 Å². The molecule has 0 aliphatic heterocycles. The van der Waals surface area contributed by atoms with E-state index < -0.39 is 0 Å². The van der Waals surface area contributed by atoms with Crippen LogP contribution in [0.5, 0.6) is 11.5 Å². The smallest absolute Gasteiger partial charge is 0.238 e. The zero-order chi connectivity index (χ0) is 19.6. The number of carbonyl (C=O) groups is 1. The third-order valence-corrected chi connectivity index (χ3v) is 4.15. The number of nitrogens with zero attached hydrogens (tertiary/aromatic N) is 2. The number of pyridine rings is 1. The van der Waals surface area contributed by atoms with Crippen molar-refractivity contribution in [1.82, 2.24) is 9.88 Å². The monoisotopic (exact) mass is 393 g/mol. The van der Waals surface area contributed by atoms with E-state index in [2.05, 4.69) is 10.3 Å². The van der Waals surface area contributed by atoms with Crippen LogP contribution < -0.4 is 14.8 Å². The Kier molecular flexibility index (Phi) is 8.32. The van der Waals surface area contributed by atoms with E-state index in [0.29, 0.717) is 41.9 Å². The molecule has 8 heteroatoms. The van der Waals surface area contributed by atoms with E-state index in [4.69, 9.17) is 25.8 Å². The van der Waals surface area contributed by atoms with Crippen molar-refractivity contribution in [3.8, 4) is 11.5 Å². The van der Waals surface area contributed by atoms with Gasteiger partial charge in [-0.05, 0) is 11.6 Å². The molecular formula is C19H24ClN3O4. The molecule has 27 heavy (non-hydrogen) atoms. The van der Waals surface area contributed by atoms with Crippen molar-refractivity contribution in [2.24, 2.45) is 0 Å². The molecule has 1 N–H and O–H groups in total. The summed E-state index contributed by atoms with van der Waals surface area (Å²) in [5, 5.41) is 3.26. The maximum Gasteiger partial charge on any atom is 0.238 e. The number of nitrogens with one attached hydrogen (secondary N) is 1. The summed E-state index contributed by atoms with van der Waals surface area (Å²) < 4.78 is 15.7. The molecular weight excluding hydrogens is 370 g/mol. The van der Waals surface area contributed by atoms with Crippen LogP contribution in [0.15, 0.2) is 36.7 Å². The SMILES string of the molecule is COCCN(CC(=O)Nc1cc(OC)c(Cl)cc1OC)Cc1cccnc1. The van der Waals surface area contributed by atoms with E-state index in [1.165, 1.54) is 14.2 Å². The van der Waals surface area contributed by atoms with Crippen LogP contribution in [0.25, 0.3) is 0 Å². The molecule has 2 aromatic rings. The summed E-state index contributed by atoms with van der Waals surface area (Å²) in [6, 6.07) is 7.08. The molecule has 1 aromatic carbocycles. The number of amides is 1. The van der Waals surface area contributed by atoms with Gasteiger partial charge in [-0.3, -0.25) is 14.7 Å². The lowest BCUT2D eigenvalue weighted by atomic mass is 10.2. The lowest BCUT2D eigenvalue weighted by molar-refractivity contribution is -0.117. The van der Waals surface area contributed by atoms with Gasteiger partial charge in [0.25, 0.3) is 0 Å². The standard InChI is InChI=1S/C19H24ClN3O4/c1-25-8-7-23(12-14-5-4-6-21-11-14)13-19(24)22-16-10-17(26-2)15(20)9-18(16)27-3/h4-6,9-11H,7-8,12-13H2,1-3H3,(H,22,24). The third kappa shape index (κ3) is 6.39. The largest absolute Gasteiger partial charge is 0.495 e. The first-order valence-corrected chi connectivity index (χ1v) is 8.76. The Morgan fingerprint density at radius 3 is 2.63 bits per heavy atom. The van der Waals surface area contributed by atoms with Crippen molar-refractivity contribution >= 4 is 23.2 Å². The first-order chi connectivity index (χ1) is 13.1. The van der Waals surface area contributed by atoms with Crippen LogP contribution >= 0.6 is 11.6 Å². The number of hydrogen-bond acceptors (Lipinski definition) is 6. The van der Waals surface area contributed by atoms with E-state index in [-0.39, 0.29) is 12.5 Å². The van der Waals surface area contributed by atoms with Crippen LogP contribution in [-0.2, 0) is 16.1 Å². The molecule has 1 aromatic heterocycles. The van der Waals surface area contributed by atoms with Gasteiger partial charge in [0.15, 0.2) is 0 Å². The number of halogens is 1. The van der Waals surface area contributed by atoms with Crippen molar-refractivity contribution in [3.63, 3.8) is 0 Å². The number of carbonyl (C=O) groups excluding carboxylic acids is 1. The molecule has 0 spiro atoms. The summed E-state index contributed by atoms with van der Waals surface area (Å²) in [6.45, 7) is 1.91. The summed E-state index contributed by atoms with van der Waals surface area (Å²) in [5.41, 5.74) is 1.52. The summed E-state index contributed by atoms with van der Waals surface area (Å²) in [6.07, 6.45) is 3.50. The van der Waals surface area contributed by atoms with Gasteiger partial charge in [-0.15, -0.1) is 0 Å². The fourth-order valence-corrected chi connectivity index (χ4v) is 2.77. The fourth-order valence-electron chi connectivity index (χ4n) is 2.54. The number of methoxy groups -OCH3 is 3. The van der Waals surface area contributed by atoms with Crippen LogP contribution in [0.3, 0.4) is 0 Å². The molecule has 0 unspecified atom stereocenters. The molecule has 0 atom stereocenters. The highest BCUT2D eigenvalue weighted by molar-refractivity contribution is 6.32. The van der Waals surface area contributed by atoms with Gasteiger partial charge in [-0.1, -0.05) is 17.7 Å². The Hall–Kier alpha value is -2.35. The second-order valence-corrected chi connectivity index (χ2v) is 6.21. The van der Waals surface area contributed by atoms with Crippen LogP contribution in [0.2, 0.25) is 5.02 Å². The minimum absolute atomic E-state index is 0.183. The third-order valence-electron chi connectivity index (χ3n) is 3.86. The summed E-state index contributed by atoms with van der Waals surface area (Å²) in [4.78, 5) is 18.7. The predicted molar refractivity (Wildman–Crippen MR) is 105 cm³/mol. The predicted octanol–water partition coefficient (Wildman–Crippen LogP) is 2.84. The lowest BCUT2D eigenvalue weighted by Gasteiger charge is -2.22. The average molecular weight is 394 g/mol. The number of rotatable bonds is 10. The Balaban J connectivity index is 2.08. The minimum atomic E-state index is -0.183. The van der Waals surface area contributed by atoms with Gasteiger partial charge in [0.05, 0.1) is 38.1 Å². The number of ether oxygens (including phenoxy) is 3. The van der Waals surface area contributed by atoms with Gasteiger partial charge in [0, 0.05) is 44.7 Å². The van der Waals surface area contributed by atoms with E-state index in [9.17, 15) is 4.79 Å². The zero-order valence-electron chi connectivity index (χ0n) is 15.7. The first kappa shape index (κ1) is 21.0. The topological polar surface area (TPSA) is 72.9 Å². The van der Waals surface area contributed by atoms with E-state index in [1.54, 1.807) is 31.6 Å². The number of benzene rings is 1. The molecule has 0 aliphatic rings. The van der Waals surface area contributed by atoms with Crippen LogP contribution in [0, 0.1) is 0 Å². The van der Waals surface area contributed by atoms with Gasteiger partial charge >= 0.3 is 0 Å². The van der Waals surface area contributed by atoms with Crippen LogP contribution in [0.4, 0.5) is 5.69 Å². The van der Waals surface area contributed by atoms with Gasteiger partial charge in [0.1, 0.15) is 11.5 Å². The molecule has 2 rings (SSSR count). The Labute approximate surface area is 164 Å². The molecule has 0 fully saturated rings. The maximum absolute atomic E-state index is 12.6. The van der Waals surface area contributed by atoms with Crippen LogP contribution in [-0.4, -0.2) is 56.8 Å². The Morgan fingerprint density at radius 1 is 1.22 bits per heavy atom. The van der Waals surface area contributed by atoms with Gasteiger partial charge in [0.2, 0.25) is 5.91 Å². The molecule has 0 saturated carbocycles. The highest BCUT2D eigenvalue weighted by Crippen LogP contribution is 2.35. The second kappa shape index (κ2) is 10.7.